The van der Waals surface area contributed by atoms with Gasteiger partial charge in [-0.3, -0.25) is 14.5 Å². The quantitative estimate of drug-likeness (QED) is 0.123. The molecule has 5 aromatic rings. The molecule has 0 aliphatic carbocycles. The Morgan fingerprint density at radius 1 is 1.07 bits per heavy atom. The second kappa shape index (κ2) is 10.4. The Morgan fingerprint density at radius 3 is 2.52 bits per heavy atom. The molecule has 1 fully saturated rings. The first-order valence-electron chi connectivity index (χ1n) is 13.2. The van der Waals surface area contributed by atoms with Crippen LogP contribution in [0.5, 0.6) is 5.75 Å². The second-order valence-corrected chi connectivity index (χ2v) is 10.8. The SMILES string of the molecule is CCOc1ccc2nc(N3C(=O)C(=O)C(=C(O)c4nc5c(C)cccn5c4C)C3c3ccc(C(=O)OC)cc3)sc2c1. The molecule has 0 radical (unpaired) electrons. The third-order valence-electron chi connectivity index (χ3n) is 7.27. The number of rotatable bonds is 6. The number of pyridine rings is 1. The Hall–Kier alpha value is -5.03. The van der Waals surface area contributed by atoms with E-state index in [0.29, 0.717) is 40.3 Å². The third kappa shape index (κ3) is 4.29. The van der Waals surface area contributed by atoms with Crippen LogP contribution in [0.1, 0.15) is 45.8 Å². The van der Waals surface area contributed by atoms with Crippen molar-refractivity contribution in [1.82, 2.24) is 14.4 Å². The van der Waals surface area contributed by atoms with Crippen molar-refractivity contribution >= 4 is 55.8 Å². The van der Waals surface area contributed by atoms with Gasteiger partial charge < -0.3 is 19.0 Å². The lowest BCUT2D eigenvalue weighted by Crippen LogP contribution is -2.29. The minimum atomic E-state index is -1.03. The molecule has 0 saturated carbocycles. The summed E-state index contributed by atoms with van der Waals surface area (Å²) in [4.78, 5) is 50.1. The summed E-state index contributed by atoms with van der Waals surface area (Å²) in [5.74, 6) is -1.95. The highest BCUT2D eigenvalue weighted by atomic mass is 32.1. The van der Waals surface area contributed by atoms with E-state index in [1.54, 1.807) is 43.3 Å². The number of methoxy groups -OCH3 is 1. The van der Waals surface area contributed by atoms with Crippen molar-refractivity contribution in [2.75, 3.05) is 18.6 Å². The maximum atomic E-state index is 13.7. The molecule has 1 atom stereocenters. The van der Waals surface area contributed by atoms with Crippen LogP contribution < -0.4 is 9.64 Å². The van der Waals surface area contributed by atoms with E-state index in [1.165, 1.54) is 23.3 Å². The molecule has 0 bridgehead atoms. The van der Waals surface area contributed by atoms with Crippen molar-refractivity contribution in [1.29, 1.82) is 0 Å². The van der Waals surface area contributed by atoms with Gasteiger partial charge in [-0.2, -0.15) is 0 Å². The zero-order valence-corrected chi connectivity index (χ0v) is 24.1. The molecule has 0 spiro atoms. The monoisotopic (exact) mass is 582 g/mol. The number of carbonyl (C=O) groups excluding carboxylic acids is 3. The van der Waals surface area contributed by atoms with Gasteiger partial charge in [0.15, 0.2) is 10.9 Å². The number of aromatic nitrogens is 3. The highest BCUT2D eigenvalue weighted by Gasteiger charge is 2.48. The third-order valence-corrected chi connectivity index (χ3v) is 8.28. The number of carbonyl (C=O) groups is 3. The molecule has 11 heteroatoms. The first-order valence-corrected chi connectivity index (χ1v) is 14.0. The Labute approximate surface area is 244 Å². The number of aliphatic hydroxyl groups excluding tert-OH is 1. The summed E-state index contributed by atoms with van der Waals surface area (Å²) in [5, 5.41) is 12.0. The number of esters is 1. The van der Waals surface area contributed by atoms with Gasteiger partial charge in [-0.15, -0.1) is 0 Å². The van der Waals surface area contributed by atoms with E-state index in [0.717, 1.165) is 10.3 Å². The summed E-state index contributed by atoms with van der Waals surface area (Å²) in [5.41, 5.74) is 3.63. The molecule has 2 aromatic carbocycles. The lowest BCUT2D eigenvalue weighted by molar-refractivity contribution is -0.132. The van der Waals surface area contributed by atoms with Gasteiger partial charge in [0.1, 0.15) is 17.1 Å². The number of aryl methyl sites for hydroxylation is 2. The normalized spacial score (nSPS) is 16.5. The van der Waals surface area contributed by atoms with Crippen LogP contribution in [0.15, 0.2) is 66.4 Å². The van der Waals surface area contributed by atoms with Gasteiger partial charge in [0.2, 0.25) is 0 Å². The van der Waals surface area contributed by atoms with Gasteiger partial charge in [-0.05, 0) is 68.3 Å². The molecule has 1 saturated heterocycles. The number of fused-ring (bicyclic) bond motifs is 2. The number of benzene rings is 2. The van der Waals surface area contributed by atoms with Crippen LogP contribution in [0, 0.1) is 13.8 Å². The Morgan fingerprint density at radius 2 is 1.83 bits per heavy atom. The molecule has 4 heterocycles. The number of Topliss-reactive ketones (excluding diaryl/α,β-unsaturated/α-hetero) is 1. The molecular formula is C31H26N4O6S. The van der Waals surface area contributed by atoms with Crippen LogP contribution in [0.2, 0.25) is 0 Å². The van der Waals surface area contributed by atoms with E-state index in [1.807, 2.05) is 42.6 Å². The molecular weight excluding hydrogens is 556 g/mol. The molecule has 212 valence electrons. The second-order valence-electron chi connectivity index (χ2n) is 9.77. The molecule has 1 N–H and O–H groups in total. The number of amides is 1. The van der Waals surface area contributed by atoms with Gasteiger partial charge in [0.05, 0.1) is 46.8 Å². The van der Waals surface area contributed by atoms with Crippen molar-refractivity contribution in [3.05, 3.63) is 94.4 Å². The summed E-state index contributed by atoms with van der Waals surface area (Å²) in [6.07, 6.45) is 1.82. The number of ether oxygens (including phenoxy) is 2. The van der Waals surface area contributed by atoms with Crippen molar-refractivity contribution in [2.45, 2.75) is 26.8 Å². The zero-order valence-electron chi connectivity index (χ0n) is 23.2. The van der Waals surface area contributed by atoms with Gasteiger partial charge in [0, 0.05) is 6.20 Å². The van der Waals surface area contributed by atoms with Crippen LogP contribution in [-0.2, 0) is 14.3 Å². The van der Waals surface area contributed by atoms with Crippen LogP contribution in [0.4, 0.5) is 5.13 Å². The van der Waals surface area contributed by atoms with Gasteiger partial charge in [-0.25, -0.2) is 14.8 Å². The number of ketones is 1. The number of hydrogen-bond acceptors (Lipinski definition) is 9. The minimum Gasteiger partial charge on any atom is -0.505 e. The fourth-order valence-electron chi connectivity index (χ4n) is 5.19. The Kier molecular flexibility index (Phi) is 6.74. The average Bonchev–Trinajstić information content (AvgIpc) is 3.64. The number of nitrogens with zero attached hydrogens (tertiary/aromatic N) is 4. The molecule has 1 amide bonds. The van der Waals surface area contributed by atoms with Gasteiger partial charge in [-0.1, -0.05) is 29.5 Å². The molecule has 1 aliphatic rings. The maximum Gasteiger partial charge on any atom is 0.337 e. The van der Waals surface area contributed by atoms with E-state index >= 15 is 0 Å². The lowest BCUT2D eigenvalue weighted by atomic mass is 9.95. The molecule has 1 unspecified atom stereocenters. The minimum absolute atomic E-state index is 0.121. The van der Waals surface area contributed by atoms with Gasteiger partial charge >= 0.3 is 11.9 Å². The van der Waals surface area contributed by atoms with E-state index in [4.69, 9.17) is 9.47 Å². The maximum absolute atomic E-state index is 13.7. The molecule has 1 aliphatic heterocycles. The fourth-order valence-corrected chi connectivity index (χ4v) is 6.21. The zero-order chi connectivity index (χ0) is 29.7. The first kappa shape index (κ1) is 27.2. The standard InChI is InChI=1S/C31H26N4O6S/c1-5-41-20-12-13-21-22(15-20)42-31(32-21)35-25(18-8-10-19(11-9-18)30(39)40-4)23(27(37)29(35)38)26(36)24-17(3)34-14-6-7-16(2)28(34)33-24/h6-15,25,36H,5H2,1-4H3. The highest BCUT2D eigenvalue weighted by molar-refractivity contribution is 7.22. The number of anilines is 1. The number of imidazole rings is 1. The number of thiazole rings is 1. The molecule has 3 aromatic heterocycles. The van der Waals surface area contributed by atoms with Gasteiger partial charge in [0.25, 0.3) is 5.78 Å². The summed E-state index contributed by atoms with van der Waals surface area (Å²) in [7, 11) is 1.29. The Bertz CT molecular complexity index is 1940. The summed E-state index contributed by atoms with van der Waals surface area (Å²) >= 11 is 1.23. The Balaban J connectivity index is 1.56. The topological polar surface area (TPSA) is 123 Å². The highest BCUT2D eigenvalue weighted by Crippen LogP contribution is 2.45. The summed E-state index contributed by atoms with van der Waals surface area (Å²) in [6.45, 7) is 6.07. The van der Waals surface area contributed by atoms with Crippen molar-refractivity contribution < 1.29 is 29.0 Å². The van der Waals surface area contributed by atoms with Crippen LogP contribution >= 0.6 is 11.3 Å². The van der Waals surface area contributed by atoms with Crippen LogP contribution in [0.25, 0.3) is 21.6 Å². The smallest absolute Gasteiger partial charge is 0.337 e. The molecule has 10 nitrogen and oxygen atoms in total. The average molecular weight is 583 g/mol. The fraction of sp³-hybridized carbons (Fsp3) is 0.194. The predicted octanol–water partition coefficient (Wildman–Crippen LogP) is 5.37. The largest absolute Gasteiger partial charge is 0.505 e. The van der Waals surface area contributed by atoms with E-state index in [9.17, 15) is 19.5 Å². The van der Waals surface area contributed by atoms with E-state index < -0.39 is 29.5 Å². The van der Waals surface area contributed by atoms with Crippen molar-refractivity contribution in [3.63, 3.8) is 0 Å². The summed E-state index contributed by atoms with van der Waals surface area (Å²) in [6, 6.07) is 14.5. The van der Waals surface area contributed by atoms with Crippen LogP contribution in [-0.4, -0.2) is 50.9 Å². The van der Waals surface area contributed by atoms with Crippen molar-refractivity contribution in [3.8, 4) is 5.75 Å². The number of hydrogen-bond donors (Lipinski definition) is 1. The molecule has 42 heavy (non-hydrogen) atoms. The summed E-state index contributed by atoms with van der Waals surface area (Å²) < 4.78 is 13.0. The predicted molar refractivity (Wildman–Crippen MR) is 158 cm³/mol. The number of aliphatic hydroxyl groups is 1. The van der Waals surface area contributed by atoms with E-state index in [-0.39, 0.29) is 16.4 Å². The molecule has 6 rings (SSSR count). The van der Waals surface area contributed by atoms with Crippen LogP contribution in [0.3, 0.4) is 0 Å². The van der Waals surface area contributed by atoms with Crippen molar-refractivity contribution in [2.24, 2.45) is 0 Å². The first-order chi connectivity index (χ1) is 20.2. The van der Waals surface area contributed by atoms with E-state index in [2.05, 4.69) is 9.97 Å². The lowest BCUT2D eigenvalue weighted by Gasteiger charge is -2.23.